The second kappa shape index (κ2) is 50.2. The van der Waals surface area contributed by atoms with Crippen LogP contribution in [0.1, 0.15) is 80.8 Å². The van der Waals surface area contributed by atoms with E-state index in [1.807, 2.05) is 11.8 Å². The molecule has 1 aromatic rings. The minimum Gasteiger partial charge on any atom is -0.443 e. The summed E-state index contributed by atoms with van der Waals surface area (Å²) in [5.74, 6) is -0.756. The summed E-state index contributed by atoms with van der Waals surface area (Å²) in [6.07, 6.45) is 2.66. The van der Waals surface area contributed by atoms with E-state index in [-0.39, 0.29) is 54.3 Å². The summed E-state index contributed by atoms with van der Waals surface area (Å²) in [7, 11) is 0. The number of nitrogens with one attached hydrogen (secondary N) is 5. The molecule has 1 aromatic heterocycles. The van der Waals surface area contributed by atoms with Gasteiger partial charge in [0.15, 0.2) is 6.61 Å². The van der Waals surface area contributed by atoms with Crippen LogP contribution >= 0.6 is 23.5 Å². The highest BCUT2D eigenvalue weighted by Crippen LogP contribution is 2.26. The van der Waals surface area contributed by atoms with Crippen molar-refractivity contribution in [3.63, 3.8) is 0 Å². The zero-order valence-electron chi connectivity index (χ0n) is 51.1. The number of oxime groups is 1. The normalized spacial score (nSPS) is 12.1. The highest BCUT2D eigenvalue weighted by atomic mass is 32.2. The fourth-order valence-corrected chi connectivity index (χ4v) is 7.53. The first-order valence-electron chi connectivity index (χ1n) is 28.4. The van der Waals surface area contributed by atoms with Gasteiger partial charge in [-0.25, -0.2) is 9.48 Å². The van der Waals surface area contributed by atoms with Gasteiger partial charge in [0.1, 0.15) is 12.3 Å². The van der Waals surface area contributed by atoms with Gasteiger partial charge >= 0.3 is 6.09 Å². The first-order valence-corrected chi connectivity index (χ1v) is 30.3. The van der Waals surface area contributed by atoms with Crippen LogP contribution in [-0.4, -0.2) is 256 Å². The average Bonchev–Trinajstić information content (AvgIpc) is 3.91. The Morgan fingerprint density at radius 3 is 1.30 bits per heavy atom. The van der Waals surface area contributed by atoms with Crippen LogP contribution < -0.4 is 26.6 Å². The van der Waals surface area contributed by atoms with E-state index in [1.165, 1.54) is 0 Å². The van der Waals surface area contributed by atoms with Crippen LogP contribution in [-0.2, 0) is 94.0 Å². The van der Waals surface area contributed by atoms with Gasteiger partial charge in [0.05, 0.1) is 177 Å². The van der Waals surface area contributed by atoms with Gasteiger partial charge in [0.25, 0.3) is 5.91 Å². The molecule has 1 heterocycles. The molecule has 0 spiro atoms. The van der Waals surface area contributed by atoms with E-state index in [0.29, 0.717) is 157 Å². The summed E-state index contributed by atoms with van der Waals surface area (Å²) in [6, 6.07) is 0. The Morgan fingerprint density at radius 2 is 0.880 bits per heavy atom. The van der Waals surface area contributed by atoms with Crippen LogP contribution in [0.15, 0.2) is 11.4 Å². The van der Waals surface area contributed by atoms with Gasteiger partial charge in [-0.05, 0) is 24.0 Å². The number of aromatic nitrogens is 3. The molecule has 0 radical (unpaired) electrons. The molecule has 5 N–H and O–H groups in total. The van der Waals surface area contributed by atoms with Crippen LogP contribution in [0.2, 0.25) is 0 Å². The van der Waals surface area contributed by atoms with Gasteiger partial charge < -0.3 is 88.3 Å². The third-order valence-electron chi connectivity index (χ3n) is 10.2. The molecule has 0 unspecified atom stereocenters. The molecule has 0 saturated heterocycles. The van der Waals surface area contributed by atoms with Crippen molar-refractivity contribution in [2.24, 2.45) is 10.6 Å². The highest BCUT2D eigenvalue weighted by Gasteiger charge is 2.17. The Balaban J connectivity index is 1.90. The van der Waals surface area contributed by atoms with Crippen molar-refractivity contribution in [1.82, 2.24) is 41.6 Å². The number of hydrogen-bond acceptors (Lipinski definition) is 23. The SMILES string of the molecule is CC(C)(C)CCOCCOCCOCCOCCOCCOCCOCCOCCOCCOCCOCCn1cc(COC(=O)NCCNC(=O)CNC(=O)CNC(=O)CNC(=O)CO/N=C(/CCSC(C)(C)C)CSC(C)(C)C)nn1. The van der Waals surface area contributed by atoms with Crippen LogP contribution in [0, 0.1) is 5.41 Å². The van der Waals surface area contributed by atoms with E-state index in [2.05, 4.69) is 104 Å². The molecule has 29 heteroatoms. The van der Waals surface area contributed by atoms with Gasteiger partial charge in [0, 0.05) is 34.9 Å². The fraction of sp³-hybridized carbons (Fsp3) is 0.852. The Kier molecular flexibility index (Phi) is 46.6. The Morgan fingerprint density at radius 1 is 0.494 bits per heavy atom. The van der Waals surface area contributed by atoms with Crippen LogP contribution in [0.4, 0.5) is 4.79 Å². The minimum absolute atomic E-state index is 0.0409. The van der Waals surface area contributed by atoms with Gasteiger partial charge in [-0.3, -0.25) is 19.2 Å². The van der Waals surface area contributed by atoms with Crippen molar-refractivity contribution in [3.8, 4) is 0 Å². The number of carbonyl (C=O) groups is 5. The van der Waals surface area contributed by atoms with Crippen molar-refractivity contribution >= 4 is 59.0 Å². The summed E-state index contributed by atoms with van der Waals surface area (Å²) in [5.41, 5.74) is 1.55. The van der Waals surface area contributed by atoms with Crippen molar-refractivity contribution in [1.29, 1.82) is 0 Å². The molecule has 0 aliphatic heterocycles. The monoisotopic (exact) mass is 1230 g/mol. The lowest BCUT2D eigenvalue weighted by molar-refractivity contribution is -0.130. The summed E-state index contributed by atoms with van der Waals surface area (Å²) in [6.45, 7) is 29.0. The number of ether oxygens (including phenoxy) is 12. The zero-order chi connectivity index (χ0) is 61.1. The van der Waals surface area contributed by atoms with E-state index in [9.17, 15) is 24.0 Å². The molecule has 0 fully saturated rings. The molecular formula is C54H101N9O18S2. The van der Waals surface area contributed by atoms with Gasteiger partial charge in [-0.1, -0.05) is 72.7 Å². The third-order valence-corrected chi connectivity index (χ3v) is 12.8. The Bertz CT molecular complexity index is 1860. The van der Waals surface area contributed by atoms with Crippen molar-refractivity contribution < 1.29 is 85.7 Å². The maximum atomic E-state index is 12.2. The summed E-state index contributed by atoms with van der Waals surface area (Å²) >= 11 is 3.56. The van der Waals surface area contributed by atoms with E-state index in [4.69, 9.17) is 61.7 Å². The molecule has 1 rings (SSSR count). The second-order valence-corrected chi connectivity index (χ2v) is 25.0. The first-order chi connectivity index (χ1) is 39.7. The fourth-order valence-electron chi connectivity index (χ4n) is 5.78. The molecule has 0 aromatic carbocycles. The standard InChI is InChI=1S/C54H101N9O18S2/c1-52(2,3)11-15-69-17-19-71-21-23-73-25-27-75-29-31-77-33-35-79-36-34-78-32-30-76-28-26-74-24-22-72-20-18-70-16-14-63-41-46(60-62-63)42-80-51(68)56-13-12-55-47(64)38-57-48(65)39-58-49(66)40-59-50(67)43-81-61-45(44-83-54(7,8)9)10-37-82-53(4,5)6/h41H,10-40,42-44H2,1-9H3,(H,55,64)(H,56,68)(H,57,65)(H,58,66)(H,59,67)/b61-45-. The molecule has 0 bridgehead atoms. The van der Waals surface area contributed by atoms with Crippen LogP contribution in [0.5, 0.6) is 0 Å². The second-order valence-electron chi connectivity index (χ2n) is 21.2. The lowest BCUT2D eigenvalue weighted by Crippen LogP contribution is -2.45. The number of carbonyl (C=O) groups excluding carboxylic acids is 5. The number of thioether (sulfide) groups is 2. The lowest BCUT2D eigenvalue weighted by atomic mass is 9.93. The van der Waals surface area contributed by atoms with Crippen LogP contribution in [0.25, 0.3) is 0 Å². The molecule has 0 aliphatic rings. The molecule has 0 atom stereocenters. The van der Waals surface area contributed by atoms with E-state index in [1.54, 1.807) is 22.6 Å². The molecular weight excluding hydrogens is 1130 g/mol. The first kappa shape index (κ1) is 77.0. The summed E-state index contributed by atoms with van der Waals surface area (Å²) in [5, 5.41) is 24.4. The predicted molar refractivity (Wildman–Crippen MR) is 316 cm³/mol. The predicted octanol–water partition coefficient (Wildman–Crippen LogP) is 2.41. The molecule has 27 nitrogen and oxygen atoms in total. The van der Waals surface area contributed by atoms with Crippen molar-refractivity contribution in [3.05, 3.63) is 11.9 Å². The van der Waals surface area contributed by atoms with E-state index < -0.39 is 36.3 Å². The maximum Gasteiger partial charge on any atom is 0.407 e. The van der Waals surface area contributed by atoms with Crippen molar-refractivity contribution in [2.75, 3.05) is 196 Å². The van der Waals surface area contributed by atoms with Crippen molar-refractivity contribution in [2.45, 2.75) is 97.8 Å². The molecule has 0 saturated carbocycles. The van der Waals surface area contributed by atoms with Crippen LogP contribution in [0.3, 0.4) is 0 Å². The lowest BCUT2D eigenvalue weighted by Gasteiger charge is -2.20. The van der Waals surface area contributed by atoms with E-state index >= 15 is 0 Å². The van der Waals surface area contributed by atoms with Gasteiger partial charge in [-0.15, -0.1) is 16.9 Å². The number of alkyl carbamates (subject to hydrolysis) is 1. The molecule has 482 valence electrons. The zero-order valence-corrected chi connectivity index (χ0v) is 52.7. The largest absolute Gasteiger partial charge is 0.443 e. The maximum absolute atomic E-state index is 12.2. The Labute approximate surface area is 500 Å². The molecule has 83 heavy (non-hydrogen) atoms. The number of hydrogen-bond donors (Lipinski definition) is 5. The third kappa shape index (κ3) is 55.6. The quantitative estimate of drug-likeness (QED) is 0.0355. The molecule has 5 amide bonds. The van der Waals surface area contributed by atoms with Gasteiger partial charge in [0.2, 0.25) is 17.7 Å². The molecule has 0 aliphatic carbocycles. The topological polar surface area (TPSA) is 309 Å². The average molecular weight is 1230 g/mol. The summed E-state index contributed by atoms with van der Waals surface area (Å²) < 4.78 is 67.6. The smallest absolute Gasteiger partial charge is 0.407 e. The Hall–Kier alpha value is -3.98. The highest BCUT2D eigenvalue weighted by molar-refractivity contribution is 8.01. The number of nitrogens with zero attached hydrogens (tertiary/aromatic N) is 4. The number of amides is 5. The number of rotatable bonds is 54. The summed E-state index contributed by atoms with van der Waals surface area (Å²) in [4.78, 5) is 66.1. The van der Waals surface area contributed by atoms with Gasteiger partial charge in [-0.2, -0.15) is 11.8 Å². The minimum atomic E-state index is -0.726. The van der Waals surface area contributed by atoms with E-state index in [0.717, 1.165) is 30.9 Å².